The quantitative estimate of drug-likeness (QED) is 0.884. The highest BCUT2D eigenvalue weighted by Gasteiger charge is 2.45. The lowest BCUT2D eigenvalue weighted by molar-refractivity contribution is -0.0877. The highest BCUT2D eigenvalue weighted by Crippen LogP contribution is 2.43. The first kappa shape index (κ1) is 12.9. The van der Waals surface area contributed by atoms with Gasteiger partial charge in [-0.05, 0) is 38.8 Å². The van der Waals surface area contributed by atoms with E-state index in [-0.39, 0.29) is 0 Å². The molecular weight excluding hydrogens is 240 g/mol. The van der Waals surface area contributed by atoms with E-state index in [0.717, 1.165) is 24.2 Å². The Morgan fingerprint density at radius 1 is 1.32 bits per heavy atom. The molecule has 2 bridgehead atoms. The molecule has 1 unspecified atom stereocenters. The van der Waals surface area contributed by atoms with Crippen LogP contribution in [0.3, 0.4) is 0 Å². The fourth-order valence-electron chi connectivity index (χ4n) is 3.67. The highest BCUT2D eigenvalue weighted by atomic mass is 16.5. The van der Waals surface area contributed by atoms with Gasteiger partial charge in [-0.3, -0.25) is 4.98 Å². The van der Waals surface area contributed by atoms with E-state index in [0.29, 0.717) is 12.1 Å². The molecule has 0 aromatic carbocycles. The number of aromatic nitrogens is 1. The normalized spacial score (nSPS) is 35.1. The summed E-state index contributed by atoms with van der Waals surface area (Å²) < 4.78 is 5.22. The molecule has 104 valence electrons. The Bertz CT molecular complexity index is 449. The van der Waals surface area contributed by atoms with Crippen molar-refractivity contribution < 1.29 is 9.84 Å². The second kappa shape index (κ2) is 4.76. The molecule has 3 atom stereocenters. The minimum atomic E-state index is -0.746. The molecule has 2 aliphatic heterocycles. The lowest BCUT2D eigenvalue weighted by Gasteiger charge is -2.50. The summed E-state index contributed by atoms with van der Waals surface area (Å²) in [7, 11) is 3.83. The zero-order chi connectivity index (χ0) is 13.5. The van der Waals surface area contributed by atoms with Crippen LogP contribution in [0.5, 0.6) is 5.75 Å². The second-order valence-electron chi connectivity index (χ2n) is 5.96. The number of hydrogen-bond acceptors (Lipinski definition) is 4. The number of ether oxygens (including phenoxy) is 1. The third-order valence-electron chi connectivity index (χ3n) is 4.86. The number of piperidine rings is 2. The van der Waals surface area contributed by atoms with E-state index in [9.17, 15) is 5.11 Å². The summed E-state index contributed by atoms with van der Waals surface area (Å²) in [6, 6.07) is 2.90. The Hall–Kier alpha value is -1.13. The molecule has 0 radical (unpaired) electrons. The summed E-state index contributed by atoms with van der Waals surface area (Å²) in [6.07, 6.45) is 8.72. The van der Waals surface area contributed by atoms with Crippen LogP contribution in [0.25, 0.3) is 0 Å². The molecule has 3 rings (SSSR count). The topological polar surface area (TPSA) is 45.6 Å². The molecule has 3 heterocycles. The van der Waals surface area contributed by atoms with Crippen LogP contribution in [-0.2, 0) is 5.60 Å². The Kier molecular flexibility index (Phi) is 3.23. The van der Waals surface area contributed by atoms with Crippen molar-refractivity contribution in [3.63, 3.8) is 0 Å². The number of pyridine rings is 1. The van der Waals surface area contributed by atoms with Gasteiger partial charge in [-0.2, -0.15) is 0 Å². The first-order valence-corrected chi connectivity index (χ1v) is 7.06. The molecule has 19 heavy (non-hydrogen) atoms. The van der Waals surface area contributed by atoms with Crippen LogP contribution in [0, 0.1) is 0 Å². The van der Waals surface area contributed by atoms with E-state index in [1.165, 1.54) is 19.3 Å². The van der Waals surface area contributed by atoms with Gasteiger partial charge in [0.1, 0.15) is 5.75 Å². The van der Waals surface area contributed by atoms with Gasteiger partial charge in [0.25, 0.3) is 0 Å². The van der Waals surface area contributed by atoms with E-state index >= 15 is 0 Å². The summed E-state index contributed by atoms with van der Waals surface area (Å²) in [4.78, 5) is 6.64. The molecule has 0 saturated carbocycles. The SMILES string of the molecule is COc1cncc(C2(O)C[C@H]3CCC[C@@H](C2)N3C)c1. The third kappa shape index (κ3) is 2.23. The Morgan fingerprint density at radius 3 is 2.63 bits per heavy atom. The molecular formula is C15H22N2O2. The standard InChI is InChI=1S/C15H22N2O2/c1-17-12-4-3-5-13(17)8-15(18,7-12)11-6-14(19-2)10-16-9-11/h6,9-10,12-13,18H,3-5,7-8H2,1-2H3/t12-,13+,15?. The summed E-state index contributed by atoms with van der Waals surface area (Å²) in [5, 5.41) is 11.1. The summed E-state index contributed by atoms with van der Waals surface area (Å²) >= 11 is 0. The molecule has 2 aliphatic rings. The fraction of sp³-hybridized carbons (Fsp3) is 0.667. The Balaban J connectivity index is 1.90. The predicted molar refractivity (Wildman–Crippen MR) is 73.1 cm³/mol. The molecule has 1 aromatic heterocycles. The monoisotopic (exact) mass is 262 g/mol. The van der Waals surface area contributed by atoms with Crippen LogP contribution >= 0.6 is 0 Å². The van der Waals surface area contributed by atoms with Gasteiger partial charge in [-0.1, -0.05) is 6.42 Å². The zero-order valence-corrected chi connectivity index (χ0v) is 11.7. The highest BCUT2D eigenvalue weighted by molar-refractivity contribution is 5.29. The van der Waals surface area contributed by atoms with Gasteiger partial charge >= 0.3 is 0 Å². The van der Waals surface area contributed by atoms with E-state index in [2.05, 4.69) is 16.9 Å². The average Bonchev–Trinajstić information content (AvgIpc) is 2.41. The lowest BCUT2D eigenvalue weighted by atomic mass is 9.73. The summed E-state index contributed by atoms with van der Waals surface area (Å²) in [5.41, 5.74) is 0.154. The van der Waals surface area contributed by atoms with Crippen LogP contribution in [0.15, 0.2) is 18.5 Å². The summed E-state index contributed by atoms with van der Waals surface area (Å²) in [5.74, 6) is 0.718. The van der Waals surface area contributed by atoms with Gasteiger partial charge in [-0.25, -0.2) is 0 Å². The molecule has 4 heteroatoms. The molecule has 4 nitrogen and oxygen atoms in total. The zero-order valence-electron chi connectivity index (χ0n) is 11.7. The maximum atomic E-state index is 11.1. The smallest absolute Gasteiger partial charge is 0.137 e. The Labute approximate surface area is 114 Å². The van der Waals surface area contributed by atoms with Crippen molar-refractivity contribution in [1.82, 2.24) is 9.88 Å². The van der Waals surface area contributed by atoms with Gasteiger partial charge in [0.15, 0.2) is 0 Å². The number of fused-ring (bicyclic) bond motifs is 2. The van der Waals surface area contributed by atoms with Crippen LogP contribution in [0.4, 0.5) is 0 Å². The van der Waals surface area contributed by atoms with Crippen LogP contribution in [0.1, 0.15) is 37.7 Å². The number of methoxy groups -OCH3 is 1. The largest absolute Gasteiger partial charge is 0.495 e. The minimum absolute atomic E-state index is 0.490. The fourth-order valence-corrected chi connectivity index (χ4v) is 3.67. The maximum Gasteiger partial charge on any atom is 0.137 e. The van der Waals surface area contributed by atoms with Gasteiger partial charge in [-0.15, -0.1) is 0 Å². The molecule has 2 saturated heterocycles. The molecule has 1 N–H and O–H groups in total. The van der Waals surface area contributed by atoms with Gasteiger partial charge in [0.05, 0.1) is 18.9 Å². The van der Waals surface area contributed by atoms with Crippen LogP contribution in [-0.4, -0.2) is 41.2 Å². The first-order valence-electron chi connectivity index (χ1n) is 7.06. The van der Waals surface area contributed by atoms with Crippen molar-refractivity contribution in [2.45, 2.75) is 49.8 Å². The van der Waals surface area contributed by atoms with Crippen LogP contribution in [0.2, 0.25) is 0 Å². The average molecular weight is 262 g/mol. The third-order valence-corrected chi connectivity index (χ3v) is 4.86. The van der Waals surface area contributed by atoms with E-state index in [4.69, 9.17) is 4.74 Å². The van der Waals surface area contributed by atoms with Crippen molar-refractivity contribution in [2.24, 2.45) is 0 Å². The van der Waals surface area contributed by atoms with Crippen molar-refractivity contribution >= 4 is 0 Å². The molecule has 2 fully saturated rings. The molecule has 1 aromatic rings. The number of nitrogens with zero attached hydrogens (tertiary/aromatic N) is 2. The predicted octanol–water partition coefficient (Wildman–Crippen LogP) is 1.92. The summed E-state index contributed by atoms with van der Waals surface area (Å²) in [6.45, 7) is 0. The van der Waals surface area contributed by atoms with Gasteiger partial charge in [0, 0.05) is 23.8 Å². The minimum Gasteiger partial charge on any atom is -0.495 e. The van der Waals surface area contributed by atoms with Gasteiger partial charge in [0.2, 0.25) is 0 Å². The number of rotatable bonds is 2. The second-order valence-corrected chi connectivity index (χ2v) is 5.96. The Morgan fingerprint density at radius 2 is 2.00 bits per heavy atom. The lowest BCUT2D eigenvalue weighted by Crippen LogP contribution is -2.55. The van der Waals surface area contributed by atoms with Crippen molar-refractivity contribution in [3.8, 4) is 5.75 Å². The van der Waals surface area contributed by atoms with Crippen LogP contribution < -0.4 is 4.74 Å². The number of aliphatic hydroxyl groups is 1. The van der Waals surface area contributed by atoms with E-state index in [1.54, 1.807) is 19.5 Å². The van der Waals surface area contributed by atoms with Crippen molar-refractivity contribution in [2.75, 3.05) is 14.2 Å². The molecule has 0 spiro atoms. The van der Waals surface area contributed by atoms with Crippen molar-refractivity contribution in [1.29, 1.82) is 0 Å². The maximum absolute atomic E-state index is 11.1. The number of hydrogen-bond donors (Lipinski definition) is 1. The van der Waals surface area contributed by atoms with E-state index < -0.39 is 5.60 Å². The molecule has 0 aliphatic carbocycles. The van der Waals surface area contributed by atoms with E-state index in [1.807, 2.05) is 6.07 Å². The van der Waals surface area contributed by atoms with Gasteiger partial charge < -0.3 is 14.7 Å². The van der Waals surface area contributed by atoms with Crippen molar-refractivity contribution in [3.05, 3.63) is 24.0 Å². The molecule has 0 amide bonds. The first-order chi connectivity index (χ1) is 9.12.